The number of carbonyl (C=O) groups excluding carboxylic acids is 1. The van der Waals surface area contributed by atoms with Gasteiger partial charge in [0.15, 0.2) is 0 Å². The maximum absolute atomic E-state index is 11.9. The van der Waals surface area contributed by atoms with E-state index >= 15 is 0 Å². The van der Waals surface area contributed by atoms with E-state index in [2.05, 4.69) is 12.2 Å². The molecule has 0 heterocycles. The molecule has 0 aromatic heterocycles. The molecule has 0 unspecified atom stereocenters. The van der Waals surface area contributed by atoms with Crippen molar-refractivity contribution in [3.8, 4) is 0 Å². The summed E-state index contributed by atoms with van der Waals surface area (Å²) in [7, 11) is 0. The normalized spacial score (nSPS) is 16.7. The smallest absolute Gasteiger partial charge is 0.317 e. The lowest BCUT2D eigenvalue weighted by molar-refractivity contribution is -0.137. The molecule has 98 valence electrons. The lowest BCUT2D eigenvalue weighted by atomic mass is 10.1. The fourth-order valence-electron chi connectivity index (χ4n) is 1.59. The lowest BCUT2D eigenvalue weighted by Crippen LogP contribution is -2.46. The third-order valence-electron chi connectivity index (χ3n) is 3.22. The molecule has 0 aliphatic heterocycles. The van der Waals surface area contributed by atoms with Crippen molar-refractivity contribution in [2.45, 2.75) is 46.1 Å². The highest BCUT2D eigenvalue weighted by atomic mass is 16.4. The second-order valence-electron chi connectivity index (χ2n) is 5.40. The summed E-state index contributed by atoms with van der Waals surface area (Å²) in [6, 6.07) is -0.143. The second-order valence-corrected chi connectivity index (χ2v) is 5.40. The molecule has 1 saturated carbocycles. The van der Waals surface area contributed by atoms with Gasteiger partial charge in [0.05, 0.1) is 6.42 Å². The highest BCUT2D eigenvalue weighted by Crippen LogP contribution is 2.44. The Morgan fingerprint density at radius 3 is 2.41 bits per heavy atom. The molecule has 2 N–H and O–H groups in total. The van der Waals surface area contributed by atoms with Crippen molar-refractivity contribution in [2.24, 2.45) is 5.41 Å². The summed E-state index contributed by atoms with van der Waals surface area (Å²) in [5.74, 6) is -0.877. The molecule has 0 bridgehead atoms. The van der Waals surface area contributed by atoms with Gasteiger partial charge in [0, 0.05) is 19.1 Å². The first-order valence-corrected chi connectivity index (χ1v) is 6.10. The van der Waals surface area contributed by atoms with E-state index in [1.165, 1.54) is 0 Å². The molecule has 5 heteroatoms. The van der Waals surface area contributed by atoms with E-state index in [-0.39, 0.29) is 30.5 Å². The first-order chi connectivity index (χ1) is 7.84. The first-order valence-electron chi connectivity index (χ1n) is 6.10. The number of urea groups is 1. The van der Waals surface area contributed by atoms with Crippen LogP contribution < -0.4 is 5.32 Å². The van der Waals surface area contributed by atoms with Crippen molar-refractivity contribution in [3.05, 3.63) is 0 Å². The van der Waals surface area contributed by atoms with Crippen LogP contribution in [0.3, 0.4) is 0 Å². The van der Waals surface area contributed by atoms with E-state index < -0.39 is 5.97 Å². The molecule has 1 rings (SSSR count). The third-order valence-corrected chi connectivity index (χ3v) is 3.22. The molecule has 1 fully saturated rings. The van der Waals surface area contributed by atoms with E-state index in [4.69, 9.17) is 5.11 Å². The zero-order chi connectivity index (χ0) is 13.1. The van der Waals surface area contributed by atoms with Crippen LogP contribution in [0.25, 0.3) is 0 Å². The van der Waals surface area contributed by atoms with Crippen LogP contribution in [-0.4, -0.2) is 41.1 Å². The Morgan fingerprint density at radius 2 is 2.00 bits per heavy atom. The number of hydrogen-bond donors (Lipinski definition) is 2. The van der Waals surface area contributed by atoms with Gasteiger partial charge in [-0.2, -0.15) is 0 Å². The van der Waals surface area contributed by atoms with Gasteiger partial charge in [-0.25, -0.2) is 4.79 Å². The van der Waals surface area contributed by atoms with Crippen LogP contribution in [0.1, 0.15) is 40.0 Å². The molecule has 0 aromatic carbocycles. The fourth-order valence-corrected chi connectivity index (χ4v) is 1.59. The van der Waals surface area contributed by atoms with Gasteiger partial charge in [0.2, 0.25) is 0 Å². The molecule has 0 saturated heterocycles. The van der Waals surface area contributed by atoms with Gasteiger partial charge in [-0.1, -0.05) is 6.92 Å². The van der Waals surface area contributed by atoms with E-state index in [9.17, 15) is 9.59 Å². The van der Waals surface area contributed by atoms with Crippen molar-refractivity contribution >= 4 is 12.0 Å². The Balaban J connectivity index is 2.39. The molecule has 0 radical (unpaired) electrons. The summed E-state index contributed by atoms with van der Waals surface area (Å²) in [6.07, 6.45) is 2.30. The van der Waals surface area contributed by atoms with Crippen LogP contribution in [0.5, 0.6) is 0 Å². The topological polar surface area (TPSA) is 69.6 Å². The zero-order valence-corrected chi connectivity index (χ0v) is 10.8. The van der Waals surface area contributed by atoms with Crippen LogP contribution >= 0.6 is 0 Å². The molecule has 0 aromatic rings. The minimum atomic E-state index is -0.877. The Morgan fingerprint density at radius 1 is 1.41 bits per heavy atom. The molecule has 1 aliphatic rings. The molecule has 5 nitrogen and oxygen atoms in total. The van der Waals surface area contributed by atoms with Crippen molar-refractivity contribution in [3.63, 3.8) is 0 Å². The minimum Gasteiger partial charge on any atom is -0.481 e. The van der Waals surface area contributed by atoms with E-state index in [1.807, 2.05) is 13.8 Å². The minimum absolute atomic E-state index is 0.0110. The number of nitrogens with one attached hydrogen (secondary N) is 1. The summed E-state index contributed by atoms with van der Waals surface area (Å²) >= 11 is 0. The van der Waals surface area contributed by atoms with Gasteiger partial charge >= 0.3 is 12.0 Å². The van der Waals surface area contributed by atoms with Crippen LogP contribution in [0, 0.1) is 5.41 Å². The first kappa shape index (κ1) is 13.8. The maximum atomic E-state index is 11.9. The van der Waals surface area contributed by atoms with Crippen LogP contribution in [0.4, 0.5) is 4.79 Å². The van der Waals surface area contributed by atoms with Gasteiger partial charge in [0.1, 0.15) is 0 Å². The Labute approximate surface area is 102 Å². The lowest BCUT2D eigenvalue weighted by Gasteiger charge is -2.27. The average molecular weight is 242 g/mol. The van der Waals surface area contributed by atoms with Crippen molar-refractivity contribution in [1.29, 1.82) is 0 Å². The van der Waals surface area contributed by atoms with E-state index in [1.54, 1.807) is 4.90 Å². The molecular formula is C12H22N2O3. The summed E-state index contributed by atoms with van der Waals surface area (Å²) < 4.78 is 0. The number of nitrogens with zero attached hydrogens (tertiary/aromatic N) is 1. The van der Waals surface area contributed by atoms with Gasteiger partial charge < -0.3 is 15.3 Å². The monoisotopic (exact) mass is 242 g/mol. The van der Waals surface area contributed by atoms with Gasteiger partial charge in [-0.15, -0.1) is 0 Å². The molecule has 1 aliphatic carbocycles. The summed E-state index contributed by atoms with van der Waals surface area (Å²) in [6.45, 7) is 6.86. The highest BCUT2D eigenvalue weighted by molar-refractivity contribution is 5.75. The SMILES string of the molecule is CC(C)N(CCC(=O)O)C(=O)NCC1(C)CC1. The third kappa shape index (κ3) is 4.63. The van der Waals surface area contributed by atoms with Crippen LogP contribution in [0.2, 0.25) is 0 Å². The molecule has 17 heavy (non-hydrogen) atoms. The van der Waals surface area contributed by atoms with Crippen molar-refractivity contribution < 1.29 is 14.7 Å². The highest BCUT2D eigenvalue weighted by Gasteiger charge is 2.37. The van der Waals surface area contributed by atoms with Crippen LogP contribution in [-0.2, 0) is 4.79 Å². The number of amides is 2. The Hall–Kier alpha value is -1.26. The van der Waals surface area contributed by atoms with Crippen LogP contribution in [0.15, 0.2) is 0 Å². The molecule has 0 spiro atoms. The average Bonchev–Trinajstić information content (AvgIpc) is 2.93. The summed E-state index contributed by atoms with van der Waals surface area (Å²) in [5, 5.41) is 11.5. The fraction of sp³-hybridized carbons (Fsp3) is 0.833. The molecule has 2 amide bonds. The number of carboxylic acid groups (broad SMARTS) is 1. The van der Waals surface area contributed by atoms with Gasteiger partial charge in [-0.3, -0.25) is 4.79 Å². The molecule has 0 atom stereocenters. The number of hydrogen-bond acceptors (Lipinski definition) is 2. The zero-order valence-electron chi connectivity index (χ0n) is 10.8. The van der Waals surface area contributed by atoms with Gasteiger partial charge in [-0.05, 0) is 32.1 Å². The largest absolute Gasteiger partial charge is 0.481 e. The van der Waals surface area contributed by atoms with E-state index in [0.29, 0.717) is 6.54 Å². The summed E-state index contributed by atoms with van der Waals surface area (Å²) in [5.41, 5.74) is 0.269. The predicted octanol–water partition coefficient (Wildman–Crippen LogP) is 1.68. The Kier molecular flexibility index (Phi) is 4.37. The van der Waals surface area contributed by atoms with Gasteiger partial charge in [0.25, 0.3) is 0 Å². The predicted molar refractivity (Wildman–Crippen MR) is 64.8 cm³/mol. The quantitative estimate of drug-likeness (QED) is 0.744. The molecular weight excluding hydrogens is 220 g/mol. The standard InChI is InChI=1S/C12H22N2O3/c1-9(2)14(7-4-10(15)16)11(17)13-8-12(3)5-6-12/h9H,4-8H2,1-3H3,(H,13,17)(H,15,16). The summed E-state index contributed by atoms with van der Waals surface area (Å²) in [4.78, 5) is 24.0. The van der Waals surface area contributed by atoms with Crippen molar-refractivity contribution in [1.82, 2.24) is 10.2 Å². The second kappa shape index (κ2) is 5.38. The number of carboxylic acids is 1. The number of aliphatic carboxylic acids is 1. The number of carbonyl (C=O) groups is 2. The van der Waals surface area contributed by atoms with E-state index in [0.717, 1.165) is 12.8 Å². The van der Waals surface area contributed by atoms with Crippen molar-refractivity contribution in [2.75, 3.05) is 13.1 Å². The number of rotatable bonds is 6. The maximum Gasteiger partial charge on any atom is 0.317 e. The Bertz CT molecular complexity index is 298.